The Morgan fingerprint density at radius 2 is 2.17 bits per heavy atom. The molecule has 0 fully saturated rings. The molecule has 98 valence electrons. The van der Waals surface area contributed by atoms with Gasteiger partial charge < -0.3 is 10.6 Å². The predicted octanol–water partition coefficient (Wildman–Crippen LogP) is 0.986. The van der Waals surface area contributed by atoms with Crippen LogP contribution in [0.4, 0.5) is 19.0 Å². The zero-order chi connectivity index (χ0) is 13.3. The summed E-state index contributed by atoms with van der Waals surface area (Å²) in [4.78, 5) is 13.0. The van der Waals surface area contributed by atoms with Crippen molar-refractivity contribution in [3.05, 3.63) is 17.3 Å². The van der Waals surface area contributed by atoms with Crippen molar-refractivity contribution in [3.8, 4) is 0 Å². The van der Waals surface area contributed by atoms with Gasteiger partial charge in [0.15, 0.2) is 0 Å². The Morgan fingerprint density at radius 1 is 1.44 bits per heavy atom. The third kappa shape index (κ3) is 2.29. The maximum Gasteiger partial charge on any atom is 0.412 e. The summed E-state index contributed by atoms with van der Waals surface area (Å²) in [6.07, 6.45) is -3.62. The Balaban J connectivity index is 2.09. The molecule has 0 spiro atoms. The molecular formula is C9H9F3N4O2. The smallest absolute Gasteiger partial charge is 0.379 e. The summed E-state index contributed by atoms with van der Waals surface area (Å²) in [7, 11) is 0. The molecule has 18 heavy (non-hydrogen) atoms. The fraction of sp³-hybridized carbons (Fsp3) is 0.444. The quantitative estimate of drug-likeness (QED) is 0.763. The molecule has 0 aromatic carbocycles. The second-order valence-electron chi connectivity index (χ2n) is 3.73. The number of nitrogens with zero attached hydrogens (tertiary/aromatic N) is 3. The number of aromatic nitrogens is 2. The van der Waals surface area contributed by atoms with Crippen LogP contribution in [0.2, 0.25) is 0 Å². The molecule has 1 aromatic rings. The number of halogens is 3. The number of nitrogens with two attached hydrogens (primary N) is 1. The lowest BCUT2D eigenvalue weighted by molar-refractivity contribution is -0.0957. The molecule has 0 saturated heterocycles. The third-order valence-corrected chi connectivity index (χ3v) is 2.58. The Bertz CT molecular complexity index is 494. The monoisotopic (exact) mass is 262 g/mol. The van der Waals surface area contributed by atoms with Crippen molar-refractivity contribution in [2.45, 2.75) is 12.6 Å². The van der Waals surface area contributed by atoms with Crippen LogP contribution in [0.25, 0.3) is 0 Å². The van der Waals surface area contributed by atoms with E-state index < -0.39 is 17.7 Å². The van der Waals surface area contributed by atoms with Crippen molar-refractivity contribution in [2.24, 2.45) is 0 Å². The van der Waals surface area contributed by atoms with E-state index in [2.05, 4.69) is 14.9 Å². The van der Waals surface area contributed by atoms with Crippen LogP contribution >= 0.6 is 0 Å². The van der Waals surface area contributed by atoms with E-state index in [4.69, 9.17) is 5.73 Å². The fourth-order valence-electron chi connectivity index (χ4n) is 1.60. The van der Waals surface area contributed by atoms with Gasteiger partial charge in [-0.2, -0.15) is 13.2 Å². The minimum absolute atomic E-state index is 0.0452. The van der Waals surface area contributed by atoms with Gasteiger partial charge in [-0.1, -0.05) is 6.08 Å². The van der Waals surface area contributed by atoms with Gasteiger partial charge in [0.1, 0.15) is 0 Å². The zero-order valence-corrected chi connectivity index (χ0v) is 9.07. The molecule has 0 unspecified atom stereocenters. The van der Waals surface area contributed by atoms with Gasteiger partial charge in [0.25, 0.3) is 5.91 Å². The minimum Gasteiger partial charge on any atom is -0.379 e. The average Bonchev–Trinajstić information content (AvgIpc) is 2.73. The lowest BCUT2D eigenvalue weighted by atomic mass is 10.1. The molecule has 1 aromatic heterocycles. The molecule has 0 atom stereocenters. The number of rotatable bonds is 1. The van der Waals surface area contributed by atoms with Crippen molar-refractivity contribution in [3.63, 3.8) is 0 Å². The molecule has 0 aliphatic carbocycles. The third-order valence-electron chi connectivity index (χ3n) is 2.58. The van der Waals surface area contributed by atoms with Gasteiger partial charge in [0, 0.05) is 18.7 Å². The van der Waals surface area contributed by atoms with Crippen LogP contribution in [0.5, 0.6) is 0 Å². The highest BCUT2D eigenvalue weighted by molar-refractivity contribution is 5.96. The van der Waals surface area contributed by atoms with Gasteiger partial charge in [-0.05, 0) is 16.7 Å². The van der Waals surface area contributed by atoms with Gasteiger partial charge in [0.2, 0.25) is 11.5 Å². The first-order chi connectivity index (χ1) is 8.39. The fourth-order valence-corrected chi connectivity index (χ4v) is 1.60. The van der Waals surface area contributed by atoms with Gasteiger partial charge in [-0.15, -0.1) is 0 Å². The Kier molecular flexibility index (Phi) is 2.97. The summed E-state index contributed by atoms with van der Waals surface area (Å²) in [5, 5.41) is 6.55. The second kappa shape index (κ2) is 4.31. The van der Waals surface area contributed by atoms with Crippen LogP contribution in [0.15, 0.2) is 16.3 Å². The number of anilines is 1. The summed E-state index contributed by atoms with van der Waals surface area (Å²) >= 11 is 0. The van der Waals surface area contributed by atoms with Crippen molar-refractivity contribution < 1.29 is 22.6 Å². The highest BCUT2D eigenvalue weighted by atomic mass is 19.4. The van der Waals surface area contributed by atoms with E-state index in [1.807, 2.05) is 0 Å². The lowest BCUT2D eigenvalue weighted by Gasteiger charge is -2.26. The topological polar surface area (TPSA) is 85.2 Å². The van der Waals surface area contributed by atoms with Gasteiger partial charge >= 0.3 is 6.18 Å². The number of hydrogen-bond acceptors (Lipinski definition) is 5. The van der Waals surface area contributed by atoms with Crippen LogP contribution in [-0.2, 0) is 0 Å². The molecule has 1 amide bonds. The largest absolute Gasteiger partial charge is 0.412 e. The number of hydrogen-bond donors (Lipinski definition) is 1. The van der Waals surface area contributed by atoms with Gasteiger partial charge in [-0.3, -0.25) is 4.79 Å². The molecule has 6 nitrogen and oxygen atoms in total. The van der Waals surface area contributed by atoms with Crippen LogP contribution in [0.3, 0.4) is 0 Å². The number of amides is 1. The molecule has 0 radical (unpaired) electrons. The summed E-state index contributed by atoms with van der Waals surface area (Å²) in [6.45, 7) is -0.184. The van der Waals surface area contributed by atoms with Crippen LogP contribution in [0, 0.1) is 0 Å². The SMILES string of the molecule is Nc1nonc1C(=O)N1CC=C(C(F)(F)F)CC1. The second-order valence-corrected chi connectivity index (χ2v) is 3.73. The Morgan fingerprint density at radius 3 is 2.61 bits per heavy atom. The molecule has 1 aliphatic heterocycles. The van der Waals surface area contributed by atoms with E-state index in [1.54, 1.807) is 0 Å². The minimum atomic E-state index is -4.34. The van der Waals surface area contributed by atoms with E-state index in [0.29, 0.717) is 0 Å². The number of carbonyl (C=O) groups excluding carboxylic acids is 1. The van der Waals surface area contributed by atoms with Crippen molar-refractivity contribution in [1.82, 2.24) is 15.2 Å². The molecule has 2 heterocycles. The standard InChI is InChI=1S/C9H9F3N4O2/c10-9(11,12)5-1-3-16(4-2-5)8(17)6-7(13)15-18-14-6/h1H,2-4H2,(H2,13,15). The summed E-state index contributed by atoms with van der Waals surface area (Å²) in [5.74, 6) is -0.767. The Labute approximate surface area is 99.2 Å². The molecule has 2 rings (SSSR count). The molecule has 2 N–H and O–H groups in total. The van der Waals surface area contributed by atoms with E-state index in [9.17, 15) is 18.0 Å². The maximum absolute atomic E-state index is 12.4. The van der Waals surface area contributed by atoms with E-state index in [1.165, 1.54) is 4.90 Å². The summed E-state index contributed by atoms with van der Waals surface area (Å²) in [6, 6.07) is 0. The first-order valence-electron chi connectivity index (χ1n) is 5.03. The van der Waals surface area contributed by atoms with E-state index in [0.717, 1.165) is 6.08 Å². The lowest BCUT2D eigenvalue weighted by Crippen LogP contribution is -2.37. The first kappa shape index (κ1) is 12.4. The van der Waals surface area contributed by atoms with Crippen molar-refractivity contribution in [1.29, 1.82) is 0 Å². The molecule has 1 aliphatic rings. The Hall–Kier alpha value is -2.06. The van der Waals surface area contributed by atoms with Gasteiger partial charge in [0.05, 0.1) is 0 Å². The van der Waals surface area contributed by atoms with Crippen LogP contribution < -0.4 is 5.73 Å². The predicted molar refractivity (Wildman–Crippen MR) is 53.4 cm³/mol. The highest BCUT2D eigenvalue weighted by Gasteiger charge is 2.36. The average molecular weight is 262 g/mol. The summed E-state index contributed by atoms with van der Waals surface area (Å²) in [5.41, 5.74) is 4.53. The molecule has 9 heteroatoms. The van der Waals surface area contributed by atoms with Crippen molar-refractivity contribution in [2.75, 3.05) is 18.8 Å². The number of alkyl halides is 3. The molecule has 0 bridgehead atoms. The van der Waals surface area contributed by atoms with E-state index in [-0.39, 0.29) is 31.0 Å². The van der Waals surface area contributed by atoms with Crippen LogP contribution in [-0.4, -0.2) is 40.4 Å². The highest BCUT2D eigenvalue weighted by Crippen LogP contribution is 2.30. The van der Waals surface area contributed by atoms with E-state index >= 15 is 0 Å². The van der Waals surface area contributed by atoms with Crippen LogP contribution in [0.1, 0.15) is 16.9 Å². The number of nitrogen functional groups attached to an aromatic ring is 1. The maximum atomic E-state index is 12.4. The zero-order valence-electron chi connectivity index (χ0n) is 9.07. The normalized spacial score (nSPS) is 16.6. The molecular weight excluding hydrogens is 253 g/mol. The number of carbonyl (C=O) groups is 1. The summed E-state index contributed by atoms with van der Waals surface area (Å²) < 4.78 is 41.4. The first-order valence-corrected chi connectivity index (χ1v) is 5.03. The van der Waals surface area contributed by atoms with Gasteiger partial charge in [-0.25, -0.2) is 4.63 Å². The van der Waals surface area contributed by atoms with Crippen molar-refractivity contribution >= 4 is 11.7 Å². The molecule has 0 saturated carbocycles.